The van der Waals surface area contributed by atoms with Gasteiger partial charge in [-0.2, -0.15) is 0 Å². The third-order valence-corrected chi connectivity index (χ3v) is 6.69. The molecule has 0 spiro atoms. The van der Waals surface area contributed by atoms with E-state index in [1.807, 2.05) is 0 Å². The van der Waals surface area contributed by atoms with E-state index in [-0.39, 0.29) is 15.8 Å². The van der Waals surface area contributed by atoms with Crippen LogP contribution < -0.4 is 9.44 Å². The maximum atomic E-state index is 12.9. The minimum Gasteiger partial charge on any atom is -0.263 e. The summed E-state index contributed by atoms with van der Waals surface area (Å²) in [6, 6.07) is 12.1. The zero-order chi connectivity index (χ0) is 16.8. The zero-order valence-electron chi connectivity index (χ0n) is 12.4. The molecule has 1 heterocycles. The van der Waals surface area contributed by atoms with Crippen LogP contribution in [0.15, 0.2) is 58.3 Å². The van der Waals surface area contributed by atoms with Crippen molar-refractivity contribution >= 4 is 25.7 Å². The molecule has 2 aromatic carbocycles. The molecule has 0 radical (unpaired) electrons. The van der Waals surface area contributed by atoms with Crippen LogP contribution >= 0.6 is 0 Å². The Kier molecular flexibility index (Phi) is 3.70. The van der Waals surface area contributed by atoms with Crippen LogP contribution in [0.5, 0.6) is 0 Å². The number of nitrogens with two attached hydrogens (primary N) is 1. The van der Waals surface area contributed by atoms with Crippen LogP contribution in [0.1, 0.15) is 12.5 Å². The predicted octanol–water partition coefficient (Wildman–Crippen LogP) is 1.47. The quantitative estimate of drug-likeness (QED) is 0.904. The van der Waals surface area contributed by atoms with Gasteiger partial charge in [-0.3, -0.25) is 4.31 Å². The van der Waals surface area contributed by atoms with Gasteiger partial charge in [0.15, 0.2) is 0 Å². The fourth-order valence-corrected chi connectivity index (χ4v) is 5.11. The number of anilines is 1. The van der Waals surface area contributed by atoms with Gasteiger partial charge in [0.25, 0.3) is 10.0 Å². The molecule has 8 heteroatoms. The predicted molar refractivity (Wildman–Crippen MR) is 87.1 cm³/mol. The van der Waals surface area contributed by atoms with E-state index in [1.165, 1.54) is 22.5 Å². The smallest absolute Gasteiger partial charge is 0.263 e. The van der Waals surface area contributed by atoms with E-state index >= 15 is 0 Å². The summed E-state index contributed by atoms with van der Waals surface area (Å²) < 4.78 is 50.0. The highest BCUT2D eigenvalue weighted by Crippen LogP contribution is 2.37. The SMILES string of the molecule is CC1Cc2cc(S(N)(=O)=O)ccc2N1S(=O)(=O)c1ccccc1. The van der Waals surface area contributed by atoms with E-state index in [0.29, 0.717) is 17.7 Å². The van der Waals surface area contributed by atoms with Gasteiger partial charge in [0.2, 0.25) is 10.0 Å². The Labute approximate surface area is 135 Å². The Morgan fingerprint density at radius 1 is 1.00 bits per heavy atom. The number of hydrogen-bond acceptors (Lipinski definition) is 4. The second-order valence-electron chi connectivity index (χ2n) is 5.50. The largest absolute Gasteiger partial charge is 0.264 e. The van der Waals surface area contributed by atoms with E-state index in [4.69, 9.17) is 5.14 Å². The van der Waals surface area contributed by atoms with Crippen LogP contribution in [-0.4, -0.2) is 22.9 Å². The molecule has 0 aliphatic carbocycles. The van der Waals surface area contributed by atoms with Gasteiger partial charge in [0.1, 0.15) is 0 Å². The number of sulfonamides is 2. The molecule has 0 amide bonds. The van der Waals surface area contributed by atoms with Crippen LogP contribution in [0.25, 0.3) is 0 Å². The Morgan fingerprint density at radius 2 is 1.65 bits per heavy atom. The van der Waals surface area contributed by atoms with Crippen molar-refractivity contribution in [2.45, 2.75) is 29.2 Å². The van der Waals surface area contributed by atoms with Crippen molar-refractivity contribution in [3.8, 4) is 0 Å². The highest BCUT2D eigenvalue weighted by molar-refractivity contribution is 7.93. The average molecular weight is 352 g/mol. The van der Waals surface area contributed by atoms with Crippen LogP contribution in [0, 0.1) is 0 Å². The molecule has 0 bridgehead atoms. The Bertz CT molecular complexity index is 954. The molecule has 0 fully saturated rings. The summed E-state index contributed by atoms with van der Waals surface area (Å²) in [5.41, 5.74) is 1.15. The Morgan fingerprint density at radius 3 is 2.26 bits per heavy atom. The first-order chi connectivity index (χ1) is 10.7. The fraction of sp³-hybridized carbons (Fsp3) is 0.200. The second kappa shape index (κ2) is 5.33. The van der Waals surface area contributed by atoms with Crippen molar-refractivity contribution < 1.29 is 16.8 Å². The van der Waals surface area contributed by atoms with Crippen molar-refractivity contribution in [2.24, 2.45) is 5.14 Å². The lowest BCUT2D eigenvalue weighted by Gasteiger charge is -2.24. The molecule has 1 aliphatic heterocycles. The van der Waals surface area contributed by atoms with Gasteiger partial charge < -0.3 is 0 Å². The first kappa shape index (κ1) is 16.0. The van der Waals surface area contributed by atoms with Crippen LogP contribution in [0.3, 0.4) is 0 Å². The molecule has 2 aromatic rings. The molecular weight excluding hydrogens is 336 g/mol. The zero-order valence-corrected chi connectivity index (χ0v) is 14.0. The highest BCUT2D eigenvalue weighted by Gasteiger charge is 2.36. The Balaban J connectivity index is 2.12. The van der Waals surface area contributed by atoms with E-state index in [2.05, 4.69) is 0 Å². The first-order valence-corrected chi connectivity index (χ1v) is 9.95. The summed E-state index contributed by atoms with van der Waals surface area (Å²) in [7, 11) is -7.51. The van der Waals surface area contributed by atoms with Gasteiger partial charge in [0.05, 0.1) is 15.5 Å². The topological polar surface area (TPSA) is 97.5 Å². The molecule has 2 N–H and O–H groups in total. The molecular formula is C15H16N2O4S2. The third kappa shape index (κ3) is 2.73. The molecule has 122 valence electrons. The number of primary sulfonamides is 1. The summed E-state index contributed by atoms with van der Waals surface area (Å²) >= 11 is 0. The minimum absolute atomic E-state index is 0.0117. The normalized spacial score (nSPS) is 18.0. The molecule has 0 saturated heterocycles. The van der Waals surface area contributed by atoms with Gasteiger partial charge >= 0.3 is 0 Å². The molecule has 1 aliphatic rings. The summed E-state index contributed by atoms with van der Waals surface area (Å²) in [6.07, 6.45) is 0.435. The lowest BCUT2D eigenvalue weighted by Crippen LogP contribution is -2.35. The van der Waals surface area contributed by atoms with Gasteiger partial charge in [-0.15, -0.1) is 0 Å². The van der Waals surface area contributed by atoms with Gasteiger partial charge in [-0.05, 0) is 49.2 Å². The van der Waals surface area contributed by atoms with E-state index in [0.717, 1.165) is 0 Å². The number of fused-ring (bicyclic) bond motifs is 1. The van der Waals surface area contributed by atoms with Crippen LogP contribution in [0.2, 0.25) is 0 Å². The van der Waals surface area contributed by atoms with Gasteiger partial charge in [-0.25, -0.2) is 22.0 Å². The van der Waals surface area contributed by atoms with Crippen molar-refractivity contribution in [3.63, 3.8) is 0 Å². The molecule has 0 saturated carbocycles. The standard InChI is InChI=1S/C15H16N2O4S2/c1-11-9-12-10-14(22(16,18)19)7-8-15(12)17(11)23(20,21)13-5-3-2-4-6-13/h2-8,10-11H,9H2,1H3,(H2,16,18,19). The van der Waals surface area contributed by atoms with E-state index < -0.39 is 20.0 Å². The third-order valence-electron chi connectivity index (χ3n) is 3.83. The van der Waals surface area contributed by atoms with E-state index in [1.54, 1.807) is 37.3 Å². The average Bonchev–Trinajstić information content (AvgIpc) is 2.82. The maximum Gasteiger partial charge on any atom is 0.264 e. The summed E-state index contributed by atoms with van der Waals surface area (Å²) in [6.45, 7) is 1.79. The highest BCUT2D eigenvalue weighted by atomic mass is 32.2. The van der Waals surface area contributed by atoms with Gasteiger partial charge in [-0.1, -0.05) is 18.2 Å². The van der Waals surface area contributed by atoms with Crippen molar-refractivity contribution in [2.75, 3.05) is 4.31 Å². The lowest BCUT2D eigenvalue weighted by molar-refractivity contribution is 0.584. The first-order valence-electron chi connectivity index (χ1n) is 6.96. The lowest BCUT2D eigenvalue weighted by atomic mass is 10.1. The summed E-state index contributed by atoms with van der Waals surface area (Å²) in [5.74, 6) is 0. The van der Waals surface area contributed by atoms with Crippen molar-refractivity contribution in [1.82, 2.24) is 0 Å². The molecule has 1 atom stereocenters. The maximum absolute atomic E-state index is 12.9. The van der Waals surface area contributed by atoms with Crippen molar-refractivity contribution in [3.05, 3.63) is 54.1 Å². The summed E-state index contributed by atoms with van der Waals surface area (Å²) in [4.78, 5) is 0.192. The molecule has 3 rings (SSSR count). The monoisotopic (exact) mass is 352 g/mol. The number of nitrogens with zero attached hydrogens (tertiary/aromatic N) is 1. The van der Waals surface area contributed by atoms with Crippen LogP contribution in [-0.2, 0) is 26.5 Å². The number of hydrogen-bond donors (Lipinski definition) is 1. The second-order valence-corrected chi connectivity index (χ2v) is 8.88. The molecule has 1 unspecified atom stereocenters. The fourth-order valence-electron chi connectivity index (χ4n) is 2.83. The number of rotatable bonds is 3. The van der Waals surface area contributed by atoms with Crippen LogP contribution in [0.4, 0.5) is 5.69 Å². The van der Waals surface area contributed by atoms with Crippen molar-refractivity contribution in [1.29, 1.82) is 0 Å². The Hall–Kier alpha value is -1.90. The number of benzene rings is 2. The molecule has 23 heavy (non-hydrogen) atoms. The van der Waals surface area contributed by atoms with Gasteiger partial charge in [0, 0.05) is 6.04 Å². The summed E-state index contributed by atoms with van der Waals surface area (Å²) in [5, 5.41) is 5.14. The molecule has 0 aromatic heterocycles. The minimum atomic E-state index is -3.81. The van der Waals surface area contributed by atoms with E-state index in [9.17, 15) is 16.8 Å². The molecule has 6 nitrogen and oxygen atoms in total.